The first-order chi connectivity index (χ1) is 16.3. The molecule has 34 heavy (non-hydrogen) atoms. The minimum atomic E-state index is -0.531. The van der Waals surface area contributed by atoms with Gasteiger partial charge in [0.15, 0.2) is 0 Å². The Labute approximate surface area is 195 Å². The van der Waals surface area contributed by atoms with E-state index in [2.05, 4.69) is 0 Å². The van der Waals surface area contributed by atoms with Gasteiger partial charge in [-0.15, -0.1) is 0 Å². The number of ether oxygens (including phenoxy) is 2. The SMILES string of the molecule is O=C(OCCc1ccc(CCOC(=O)c2ccc(N([O-])O)cc2)cc1)c1ccc(N([O-])O)cc1. The lowest BCUT2D eigenvalue weighted by molar-refractivity contribution is 0.0499. The zero-order valence-corrected chi connectivity index (χ0v) is 18.0. The zero-order valence-electron chi connectivity index (χ0n) is 18.0. The first-order valence-electron chi connectivity index (χ1n) is 10.3. The lowest BCUT2D eigenvalue weighted by Crippen LogP contribution is -2.10. The topological polar surface area (TPSA) is 146 Å². The molecule has 0 fully saturated rings. The first kappa shape index (κ1) is 24.7. The van der Waals surface area contributed by atoms with E-state index >= 15 is 0 Å². The highest BCUT2D eigenvalue weighted by Crippen LogP contribution is 2.15. The van der Waals surface area contributed by atoms with Crippen molar-refractivity contribution in [1.82, 2.24) is 0 Å². The molecule has 0 aromatic heterocycles. The Hall–Kier alpha value is -3.96. The van der Waals surface area contributed by atoms with Crippen molar-refractivity contribution in [3.8, 4) is 0 Å². The maximum Gasteiger partial charge on any atom is 0.338 e. The van der Waals surface area contributed by atoms with E-state index in [0.29, 0.717) is 12.8 Å². The van der Waals surface area contributed by atoms with E-state index in [1.807, 2.05) is 24.3 Å². The molecular formula is C24H22N2O8-2. The van der Waals surface area contributed by atoms with E-state index in [1.165, 1.54) is 48.5 Å². The van der Waals surface area contributed by atoms with Crippen molar-refractivity contribution in [2.75, 3.05) is 23.7 Å². The summed E-state index contributed by atoms with van der Waals surface area (Å²) >= 11 is 0. The third-order valence-electron chi connectivity index (χ3n) is 4.92. The number of nitrogens with zero attached hydrogens (tertiary/aromatic N) is 2. The van der Waals surface area contributed by atoms with Crippen LogP contribution in [-0.4, -0.2) is 35.6 Å². The summed E-state index contributed by atoms with van der Waals surface area (Å²) in [6.45, 7) is 0.342. The second-order valence-electron chi connectivity index (χ2n) is 7.23. The number of carbonyl (C=O) groups is 2. The number of benzene rings is 3. The molecule has 0 aliphatic heterocycles. The van der Waals surface area contributed by atoms with E-state index in [-0.39, 0.29) is 46.2 Å². The second-order valence-corrected chi connectivity index (χ2v) is 7.23. The quantitative estimate of drug-likeness (QED) is 0.333. The van der Waals surface area contributed by atoms with Gasteiger partial charge >= 0.3 is 11.9 Å². The van der Waals surface area contributed by atoms with Crippen LogP contribution < -0.4 is 10.5 Å². The van der Waals surface area contributed by atoms with Crippen molar-refractivity contribution in [2.24, 2.45) is 0 Å². The Morgan fingerprint density at radius 1 is 0.618 bits per heavy atom. The summed E-state index contributed by atoms with van der Waals surface area (Å²) < 4.78 is 10.5. The molecule has 0 radical (unpaired) electrons. The average Bonchev–Trinajstić information content (AvgIpc) is 2.85. The van der Waals surface area contributed by atoms with Crippen molar-refractivity contribution in [3.63, 3.8) is 0 Å². The molecule has 0 saturated carbocycles. The van der Waals surface area contributed by atoms with Crippen LogP contribution in [0.15, 0.2) is 72.8 Å². The first-order valence-corrected chi connectivity index (χ1v) is 10.3. The summed E-state index contributed by atoms with van der Waals surface area (Å²) in [6.07, 6.45) is 1.02. The standard InChI is InChI=1S/C24H22N2O8/c27-23(19-5-9-21(10-6-19)25(29)30)33-15-13-17-1-2-18(4-3-17)14-16-34-24(28)20-7-11-22(12-8-20)26(31)32/h1-12,29,31H,13-16H2/q-2. The zero-order chi connectivity index (χ0) is 24.5. The molecule has 0 aliphatic rings. The van der Waals surface area contributed by atoms with Gasteiger partial charge in [-0.2, -0.15) is 0 Å². The normalized spacial score (nSPS) is 10.5. The van der Waals surface area contributed by atoms with Gasteiger partial charge in [0.2, 0.25) is 0 Å². The molecule has 0 bridgehead atoms. The molecule has 0 unspecified atom stereocenters. The van der Waals surface area contributed by atoms with Gasteiger partial charge in [0.25, 0.3) is 0 Å². The third kappa shape index (κ3) is 7.02. The van der Waals surface area contributed by atoms with Crippen molar-refractivity contribution < 1.29 is 29.5 Å². The number of carbonyl (C=O) groups excluding carboxylic acids is 2. The van der Waals surface area contributed by atoms with Gasteiger partial charge in [0, 0.05) is 12.8 Å². The van der Waals surface area contributed by atoms with E-state index in [0.717, 1.165) is 11.1 Å². The summed E-state index contributed by atoms with van der Waals surface area (Å²) in [6, 6.07) is 18.4. The fraction of sp³-hybridized carbons (Fsp3) is 0.167. The minimum Gasteiger partial charge on any atom is -0.733 e. The van der Waals surface area contributed by atoms with Crippen LogP contribution in [0.3, 0.4) is 0 Å². The molecule has 178 valence electrons. The molecular weight excluding hydrogens is 444 g/mol. The summed E-state index contributed by atoms with van der Waals surface area (Å²) in [5.74, 6) is -1.06. The van der Waals surface area contributed by atoms with Crippen molar-refractivity contribution in [3.05, 3.63) is 105 Å². The highest BCUT2D eigenvalue weighted by Gasteiger charge is 2.09. The predicted octanol–water partition coefficient (Wildman–Crippen LogP) is 3.87. The molecule has 0 amide bonds. The highest BCUT2D eigenvalue weighted by molar-refractivity contribution is 5.90. The summed E-state index contributed by atoms with van der Waals surface area (Å²) in [5, 5.41) is 38.6. The van der Waals surface area contributed by atoms with Gasteiger partial charge in [0.1, 0.15) is 0 Å². The average molecular weight is 466 g/mol. The molecule has 10 heteroatoms. The van der Waals surface area contributed by atoms with Gasteiger partial charge in [-0.1, -0.05) is 24.3 Å². The lowest BCUT2D eigenvalue weighted by Gasteiger charge is -2.21. The maximum absolute atomic E-state index is 12.0. The molecule has 3 rings (SSSR count). The van der Waals surface area contributed by atoms with Crippen LogP contribution in [-0.2, 0) is 22.3 Å². The Balaban J connectivity index is 1.39. The van der Waals surface area contributed by atoms with Crippen LogP contribution in [0.2, 0.25) is 0 Å². The smallest absolute Gasteiger partial charge is 0.338 e. The summed E-state index contributed by atoms with van der Waals surface area (Å²) in [5.41, 5.74) is 2.49. The van der Waals surface area contributed by atoms with Gasteiger partial charge < -0.3 is 30.3 Å². The van der Waals surface area contributed by atoms with Crippen molar-refractivity contribution in [1.29, 1.82) is 0 Å². The Morgan fingerprint density at radius 2 is 0.941 bits per heavy atom. The molecule has 3 aromatic rings. The summed E-state index contributed by atoms with van der Waals surface area (Å²) in [4.78, 5) is 24.1. The Kier molecular flexibility index (Phi) is 8.54. The van der Waals surface area contributed by atoms with Crippen molar-refractivity contribution >= 4 is 23.3 Å². The van der Waals surface area contributed by atoms with E-state index in [1.54, 1.807) is 0 Å². The van der Waals surface area contributed by atoms with Gasteiger partial charge in [-0.3, -0.25) is 10.4 Å². The molecule has 0 heterocycles. The predicted molar refractivity (Wildman–Crippen MR) is 123 cm³/mol. The van der Waals surface area contributed by atoms with E-state index in [4.69, 9.17) is 19.9 Å². The number of esters is 2. The van der Waals surface area contributed by atoms with E-state index < -0.39 is 11.9 Å². The van der Waals surface area contributed by atoms with Crippen LogP contribution in [0.5, 0.6) is 0 Å². The lowest BCUT2D eigenvalue weighted by atomic mass is 10.1. The van der Waals surface area contributed by atoms with Gasteiger partial charge in [-0.25, -0.2) is 9.59 Å². The molecule has 3 aromatic carbocycles. The molecule has 0 aliphatic carbocycles. The third-order valence-corrected chi connectivity index (χ3v) is 4.92. The molecule has 0 saturated heterocycles. The van der Waals surface area contributed by atoms with E-state index in [9.17, 15) is 20.0 Å². The van der Waals surface area contributed by atoms with Crippen LogP contribution in [0.4, 0.5) is 11.4 Å². The Bertz CT molecular complexity index is 993. The molecule has 0 atom stereocenters. The largest absolute Gasteiger partial charge is 0.733 e. The van der Waals surface area contributed by atoms with Gasteiger partial charge in [0.05, 0.1) is 35.7 Å². The number of hydrogen-bond donors (Lipinski definition) is 2. The van der Waals surface area contributed by atoms with Crippen LogP contribution in [0.1, 0.15) is 31.8 Å². The van der Waals surface area contributed by atoms with Crippen LogP contribution in [0, 0.1) is 10.4 Å². The van der Waals surface area contributed by atoms with Crippen molar-refractivity contribution in [2.45, 2.75) is 12.8 Å². The second kappa shape index (κ2) is 11.8. The fourth-order valence-electron chi connectivity index (χ4n) is 3.01. The number of anilines is 2. The maximum atomic E-state index is 12.0. The minimum absolute atomic E-state index is 0.0139. The Morgan fingerprint density at radius 3 is 1.24 bits per heavy atom. The highest BCUT2D eigenvalue weighted by atomic mass is 16.8. The van der Waals surface area contributed by atoms with Crippen LogP contribution in [0.25, 0.3) is 0 Å². The van der Waals surface area contributed by atoms with Crippen LogP contribution >= 0.6 is 0 Å². The monoisotopic (exact) mass is 466 g/mol. The molecule has 2 N–H and O–H groups in total. The van der Waals surface area contributed by atoms with Gasteiger partial charge in [-0.05, 0) is 59.7 Å². The fourth-order valence-corrected chi connectivity index (χ4v) is 3.01. The number of rotatable bonds is 10. The summed E-state index contributed by atoms with van der Waals surface area (Å²) in [7, 11) is 0. The molecule has 0 spiro atoms. The number of hydrogen-bond acceptors (Lipinski definition) is 10. The molecule has 10 nitrogen and oxygen atoms in total.